The maximum Gasteiger partial charge on any atom is 0.256 e. The fourth-order valence-electron chi connectivity index (χ4n) is 1.42. The van der Waals surface area contributed by atoms with Gasteiger partial charge in [0.15, 0.2) is 0 Å². The summed E-state index contributed by atoms with van der Waals surface area (Å²) < 4.78 is 29.9. The second-order valence-electron chi connectivity index (χ2n) is 3.70. The van der Waals surface area contributed by atoms with Gasteiger partial charge in [-0.3, -0.25) is 4.79 Å². The molecule has 0 saturated carbocycles. The minimum atomic E-state index is -2.63. The molecule has 1 atom stereocenters. The predicted octanol–water partition coefficient (Wildman–Crippen LogP) is 2.97. The maximum absolute atomic E-state index is 12.5. The lowest BCUT2D eigenvalue weighted by Crippen LogP contribution is -2.41. The zero-order valence-electron chi connectivity index (χ0n) is 10.1. The SMILES string of the molecule is COC(C)C(=O)N(CC(F)F)c1cccc(Cl)c1. The Labute approximate surface area is 109 Å². The second kappa shape index (κ2) is 6.66. The van der Waals surface area contributed by atoms with Gasteiger partial charge >= 0.3 is 0 Å². The number of carbonyl (C=O) groups excluding carboxylic acids is 1. The van der Waals surface area contributed by atoms with Crippen LogP contribution in [0.25, 0.3) is 0 Å². The van der Waals surface area contributed by atoms with Crippen molar-refractivity contribution < 1.29 is 18.3 Å². The van der Waals surface area contributed by atoms with Crippen molar-refractivity contribution >= 4 is 23.2 Å². The molecule has 1 amide bonds. The average molecular weight is 278 g/mol. The number of anilines is 1. The third kappa shape index (κ3) is 3.92. The van der Waals surface area contributed by atoms with Crippen LogP contribution in [-0.2, 0) is 9.53 Å². The van der Waals surface area contributed by atoms with Crippen molar-refractivity contribution in [1.82, 2.24) is 0 Å². The van der Waals surface area contributed by atoms with Crippen molar-refractivity contribution in [1.29, 1.82) is 0 Å². The van der Waals surface area contributed by atoms with Crippen molar-refractivity contribution in [3.05, 3.63) is 29.3 Å². The van der Waals surface area contributed by atoms with Gasteiger partial charge in [0, 0.05) is 17.8 Å². The molecule has 0 heterocycles. The molecule has 0 aliphatic rings. The van der Waals surface area contributed by atoms with E-state index in [4.69, 9.17) is 16.3 Å². The summed E-state index contributed by atoms with van der Waals surface area (Å²) in [4.78, 5) is 12.9. The molecule has 0 aromatic heterocycles. The maximum atomic E-state index is 12.5. The Morgan fingerprint density at radius 3 is 2.67 bits per heavy atom. The third-order valence-corrected chi connectivity index (χ3v) is 2.64. The van der Waals surface area contributed by atoms with Gasteiger partial charge < -0.3 is 9.64 Å². The van der Waals surface area contributed by atoms with Gasteiger partial charge in [-0.1, -0.05) is 17.7 Å². The fraction of sp³-hybridized carbons (Fsp3) is 0.417. The van der Waals surface area contributed by atoms with Gasteiger partial charge in [-0.25, -0.2) is 8.78 Å². The molecule has 1 unspecified atom stereocenters. The minimum Gasteiger partial charge on any atom is -0.372 e. The normalized spacial score (nSPS) is 12.6. The molecule has 0 spiro atoms. The Balaban J connectivity index is 3.01. The summed E-state index contributed by atoms with van der Waals surface area (Å²) in [7, 11) is 1.35. The summed E-state index contributed by atoms with van der Waals surface area (Å²) in [6, 6.07) is 6.22. The van der Waals surface area contributed by atoms with E-state index < -0.39 is 25.0 Å². The van der Waals surface area contributed by atoms with Crippen LogP contribution < -0.4 is 4.90 Å². The van der Waals surface area contributed by atoms with E-state index in [0.717, 1.165) is 4.90 Å². The molecule has 18 heavy (non-hydrogen) atoms. The first-order valence-electron chi connectivity index (χ1n) is 5.33. The fourth-order valence-corrected chi connectivity index (χ4v) is 1.61. The average Bonchev–Trinajstić information content (AvgIpc) is 2.34. The first-order chi connectivity index (χ1) is 8.45. The molecule has 3 nitrogen and oxygen atoms in total. The number of hydrogen-bond acceptors (Lipinski definition) is 2. The third-order valence-electron chi connectivity index (χ3n) is 2.41. The van der Waals surface area contributed by atoms with Gasteiger partial charge in [-0.05, 0) is 25.1 Å². The molecule has 0 fully saturated rings. The van der Waals surface area contributed by atoms with Crippen molar-refractivity contribution in [3.63, 3.8) is 0 Å². The smallest absolute Gasteiger partial charge is 0.256 e. The number of carbonyl (C=O) groups is 1. The Morgan fingerprint density at radius 1 is 1.50 bits per heavy atom. The zero-order chi connectivity index (χ0) is 13.7. The van der Waals surface area contributed by atoms with Crippen LogP contribution in [0.1, 0.15) is 6.92 Å². The van der Waals surface area contributed by atoms with Gasteiger partial charge in [-0.15, -0.1) is 0 Å². The molecule has 6 heteroatoms. The number of hydrogen-bond donors (Lipinski definition) is 0. The van der Waals surface area contributed by atoms with Gasteiger partial charge in [0.1, 0.15) is 6.10 Å². The summed E-state index contributed by atoms with van der Waals surface area (Å²) in [6.45, 7) is 0.818. The van der Waals surface area contributed by atoms with E-state index in [1.54, 1.807) is 18.2 Å². The van der Waals surface area contributed by atoms with Crippen LogP contribution in [0.5, 0.6) is 0 Å². The predicted molar refractivity (Wildman–Crippen MR) is 66.3 cm³/mol. The number of rotatable bonds is 5. The summed E-state index contributed by atoms with van der Waals surface area (Å²) in [5.41, 5.74) is 0.330. The van der Waals surface area contributed by atoms with E-state index >= 15 is 0 Å². The van der Waals surface area contributed by atoms with Crippen molar-refractivity contribution in [3.8, 4) is 0 Å². The first kappa shape index (κ1) is 14.9. The zero-order valence-corrected chi connectivity index (χ0v) is 10.8. The van der Waals surface area contributed by atoms with Crippen molar-refractivity contribution in [2.24, 2.45) is 0 Å². The van der Waals surface area contributed by atoms with E-state index in [-0.39, 0.29) is 0 Å². The highest BCUT2D eigenvalue weighted by atomic mass is 35.5. The van der Waals surface area contributed by atoms with Gasteiger partial charge in [0.05, 0.1) is 6.54 Å². The highest BCUT2D eigenvalue weighted by molar-refractivity contribution is 6.30. The van der Waals surface area contributed by atoms with Crippen LogP contribution in [0.3, 0.4) is 0 Å². The molecule has 0 aliphatic heterocycles. The monoisotopic (exact) mass is 277 g/mol. The molecule has 0 radical (unpaired) electrons. The molecule has 1 aromatic carbocycles. The van der Waals surface area contributed by atoms with Crippen LogP contribution in [-0.4, -0.2) is 32.1 Å². The lowest BCUT2D eigenvalue weighted by atomic mass is 10.2. The van der Waals surface area contributed by atoms with E-state index in [0.29, 0.717) is 10.7 Å². The van der Waals surface area contributed by atoms with Gasteiger partial charge in [0.25, 0.3) is 12.3 Å². The molecular formula is C12H14ClF2NO2. The Bertz CT molecular complexity index is 415. The topological polar surface area (TPSA) is 29.5 Å². The molecule has 0 aliphatic carbocycles. The molecular weight excluding hydrogens is 264 g/mol. The number of nitrogens with zero attached hydrogens (tertiary/aromatic N) is 1. The molecule has 1 aromatic rings. The van der Waals surface area contributed by atoms with Gasteiger partial charge in [-0.2, -0.15) is 0 Å². The van der Waals surface area contributed by atoms with Gasteiger partial charge in [0.2, 0.25) is 0 Å². The first-order valence-corrected chi connectivity index (χ1v) is 5.71. The van der Waals surface area contributed by atoms with E-state index in [1.807, 2.05) is 0 Å². The number of amides is 1. The van der Waals surface area contributed by atoms with E-state index in [1.165, 1.54) is 20.1 Å². The second-order valence-corrected chi connectivity index (χ2v) is 4.13. The quantitative estimate of drug-likeness (QED) is 0.828. The minimum absolute atomic E-state index is 0.330. The summed E-state index contributed by atoms with van der Waals surface area (Å²) >= 11 is 5.79. The number of halogens is 3. The van der Waals surface area contributed by atoms with E-state index in [2.05, 4.69) is 0 Å². The summed E-state index contributed by atoms with van der Waals surface area (Å²) in [6.07, 6.45) is -3.42. The van der Waals surface area contributed by atoms with Crippen LogP contribution in [0, 0.1) is 0 Å². The van der Waals surface area contributed by atoms with Crippen LogP contribution >= 0.6 is 11.6 Å². The Hall–Kier alpha value is -1.20. The standard InChI is InChI=1S/C12H14ClF2NO2/c1-8(18-2)12(17)16(7-11(14)15)10-5-3-4-9(13)6-10/h3-6,8,11H,7H2,1-2H3. The van der Waals surface area contributed by atoms with Crippen LogP contribution in [0.2, 0.25) is 5.02 Å². The van der Waals surface area contributed by atoms with Crippen LogP contribution in [0.15, 0.2) is 24.3 Å². The van der Waals surface area contributed by atoms with Crippen LogP contribution in [0.4, 0.5) is 14.5 Å². The lowest BCUT2D eigenvalue weighted by Gasteiger charge is -2.25. The van der Waals surface area contributed by atoms with Crippen molar-refractivity contribution in [2.75, 3.05) is 18.6 Å². The molecule has 0 saturated heterocycles. The molecule has 0 bridgehead atoms. The number of alkyl halides is 2. The van der Waals surface area contributed by atoms with E-state index in [9.17, 15) is 13.6 Å². The van der Waals surface area contributed by atoms with Crippen molar-refractivity contribution in [2.45, 2.75) is 19.5 Å². The molecule has 1 rings (SSSR count). The Kier molecular flexibility index (Phi) is 5.50. The molecule has 0 N–H and O–H groups in total. The summed E-state index contributed by atoms with van der Waals surface area (Å²) in [5, 5.41) is 0.379. The number of benzene rings is 1. The highest BCUT2D eigenvalue weighted by Crippen LogP contribution is 2.21. The number of ether oxygens (including phenoxy) is 1. The largest absolute Gasteiger partial charge is 0.372 e. The molecule has 100 valence electrons. The number of methoxy groups -OCH3 is 1. The summed E-state index contributed by atoms with van der Waals surface area (Å²) in [5.74, 6) is -0.528. The lowest BCUT2D eigenvalue weighted by molar-refractivity contribution is -0.127. The Morgan fingerprint density at radius 2 is 2.17 bits per heavy atom. The highest BCUT2D eigenvalue weighted by Gasteiger charge is 2.24.